The summed E-state index contributed by atoms with van der Waals surface area (Å²) in [5.74, 6) is -0.170. The quantitative estimate of drug-likeness (QED) is 0.720. The number of hydrogen-bond donors (Lipinski definition) is 0. The molecular weight excluding hydrogens is 211 g/mol. The number of halogens is 1. The summed E-state index contributed by atoms with van der Waals surface area (Å²) in [7, 11) is 1.51. The Kier molecular flexibility index (Phi) is 2.90. The van der Waals surface area contributed by atoms with Gasteiger partial charge in [-0.2, -0.15) is 0 Å². The Labute approximate surface area is 92.5 Å². The molecule has 84 valence electrons. The maximum Gasteiger partial charge on any atom is 0.334 e. The molecule has 1 aromatic rings. The third-order valence-corrected chi connectivity index (χ3v) is 2.43. The number of carbonyl (C=O) groups excluding carboxylic acids is 1. The average molecular weight is 222 g/mol. The topological polar surface area (TPSA) is 35.5 Å². The van der Waals surface area contributed by atoms with Gasteiger partial charge in [0.2, 0.25) is 0 Å². The molecule has 16 heavy (non-hydrogen) atoms. The Morgan fingerprint density at radius 2 is 2.06 bits per heavy atom. The van der Waals surface area contributed by atoms with E-state index in [0.717, 1.165) is 5.56 Å². The van der Waals surface area contributed by atoms with Crippen molar-refractivity contribution in [3.63, 3.8) is 0 Å². The highest BCUT2D eigenvalue weighted by atomic mass is 19.1. The van der Waals surface area contributed by atoms with E-state index >= 15 is 0 Å². The van der Waals surface area contributed by atoms with Crippen LogP contribution in [0.25, 0.3) is 0 Å². The monoisotopic (exact) mass is 222 g/mol. The van der Waals surface area contributed by atoms with Gasteiger partial charge in [-0.1, -0.05) is 12.1 Å². The zero-order chi connectivity index (χ0) is 11.5. The minimum atomic E-state index is -0.433. The van der Waals surface area contributed by atoms with E-state index in [-0.39, 0.29) is 5.82 Å². The minimum Gasteiger partial charge on any atom is -0.501 e. The van der Waals surface area contributed by atoms with E-state index in [1.165, 1.54) is 25.3 Å². The van der Waals surface area contributed by atoms with Crippen molar-refractivity contribution < 1.29 is 18.7 Å². The lowest BCUT2D eigenvalue weighted by Crippen LogP contribution is -2.16. The van der Waals surface area contributed by atoms with Gasteiger partial charge in [-0.3, -0.25) is 0 Å². The standard InChI is InChI=1S/C12H11FO3/c1-15-10-6-11(16-12(14)7-10)8-2-4-9(13)5-3-8/h2-5,7,11H,6H2,1H3. The molecule has 0 saturated heterocycles. The lowest BCUT2D eigenvalue weighted by atomic mass is 10.0. The Balaban J connectivity index is 2.20. The molecule has 0 aromatic heterocycles. The van der Waals surface area contributed by atoms with E-state index < -0.39 is 12.1 Å². The summed E-state index contributed by atoms with van der Waals surface area (Å²) in [5.41, 5.74) is 0.761. The molecular formula is C12H11FO3. The van der Waals surface area contributed by atoms with Gasteiger partial charge in [-0.25, -0.2) is 9.18 Å². The summed E-state index contributed by atoms with van der Waals surface area (Å²) >= 11 is 0. The normalized spacial score (nSPS) is 20.0. The molecule has 3 nitrogen and oxygen atoms in total. The van der Waals surface area contributed by atoms with E-state index in [0.29, 0.717) is 12.2 Å². The van der Waals surface area contributed by atoms with Crippen LogP contribution in [0.15, 0.2) is 36.1 Å². The van der Waals surface area contributed by atoms with Crippen molar-refractivity contribution in [3.05, 3.63) is 47.5 Å². The minimum absolute atomic E-state index is 0.312. The maximum atomic E-state index is 12.7. The van der Waals surface area contributed by atoms with Crippen molar-refractivity contribution in [3.8, 4) is 0 Å². The highest BCUT2D eigenvalue weighted by molar-refractivity contribution is 5.83. The van der Waals surface area contributed by atoms with Gasteiger partial charge in [-0.15, -0.1) is 0 Å². The molecule has 1 heterocycles. The van der Waals surface area contributed by atoms with Crippen LogP contribution in [0.1, 0.15) is 18.1 Å². The third-order valence-electron chi connectivity index (χ3n) is 2.43. The van der Waals surface area contributed by atoms with Crippen LogP contribution < -0.4 is 0 Å². The van der Waals surface area contributed by atoms with E-state index in [1.807, 2.05) is 0 Å². The average Bonchev–Trinajstić information content (AvgIpc) is 2.29. The molecule has 0 aliphatic carbocycles. The van der Waals surface area contributed by atoms with Gasteiger partial charge < -0.3 is 9.47 Å². The van der Waals surface area contributed by atoms with Crippen LogP contribution in [0.2, 0.25) is 0 Å². The fourth-order valence-corrected chi connectivity index (χ4v) is 1.59. The van der Waals surface area contributed by atoms with Crippen molar-refractivity contribution in [2.24, 2.45) is 0 Å². The van der Waals surface area contributed by atoms with Crippen LogP contribution in [0.5, 0.6) is 0 Å². The highest BCUT2D eigenvalue weighted by Gasteiger charge is 2.23. The summed E-state index contributed by atoms with van der Waals surface area (Å²) in [6.45, 7) is 0. The molecule has 2 rings (SSSR count). The van der Waals surface area contributed by atoms with Crippen molar-refractivity contribution in [2.45, 2.75) is 12.5 Å². The summed E-state index contributed by atoms with van der Waals surface area (Å²) < 4.78 is 22.9. The largest absolute Gasteiger partial charge is 0.501 e. The summed E-state index contributed by atoms with van der Waals surface area (Å²) in [5, 5.41) is 0. The Morgan fingerprint density at radius 3 is 2.69 bits per heavy atom. The number of benzene rings is 1. The summed E-state index contributed by atoms with van der Waals surface area (Å²) in [6.07, 6.45) is 1.40. The van der Waals surface area contributed by atoms with Crippen molar-refractivity contribution in [2.75, 3.05) is 7.11 Å². The summed E-state index contributed by atoms with van der Waals surface area (Å²) in [6, 6.07) is 5.89. The predicted molar refractivity (Wildman–Crippen MR) is 54.9 cm³/mol. The van der Waals surface area contributed by atoms with Gasteiger partial charge in [0, 0.05) is 6.42 Å². The Bertz CT molecular complexity index is 422. The number of cyclic esters (lactones) is 1. The molecule has 1 aromatic carbocycles. The number of rotatable bonds is 2. The Morgan fingerprint density at radius 1 is 1.38 bits per heavy atom. The van der Waals surface area contributed by atoms with Crippen molar-refractivity contribution in [1.82, 2.24) is 0 Å². The van der Waals surface area contributed by atoms with Crippen LogP contribution in [0.4, 0.5) is 4.39 Å². The molecule has 1 atom stereocenters. The van der Waals surface area contributed by atoms with Crippen LogP contribution in [-0.4, -0.2) is 13.1 Å². The number of methoxy groups -OCH3 is 1. The molecule has 4 heteroatoms. The molecule has 0 N–H and O–H groups in total. The van der Waals surface area contributed by atoms with Gasteiger partial charge in [0.05, 0.1) is 13.2 Å². The van der Waals surface area contributed by atoms with Crippen LogP contribution in [0.3, 0.4) is 0 Å². The van der Waals surface area contributed by atoms with Crippen molar-refractivity contribution >= 4 is 5.97 Å². The predicted octanol–water partition coefficient (Wildman–Crippen LogP) is 2.34. The smallest absolute Gasteiger partial charge is 0.334 e. The van der Waals surface area contributed by atoms with E-state index in [1.54, 1.807) is 12.1 Å². The first kappa shape index (κ1) is 10.7. The number of hydrogen-bond acceptors (Lipinski definition) is 3. The lowest BCUT2D eigenvalue weighted by molar-refractivity contribution is -0.145. The Hall–Kier alpha value is -1.84. The number of carbonyl (C=O) groups is 1. The molecule has 0 spiro atoms. The van der Waals surface area contributed by atoms with Gasteiger partial charge in [0.25, 0.3) is 0 Å². The van der Waals surface area contributed by atoms with Gasteiger partial charge in [0.1, 0.15) is 17.7 Å². The molecule has 0 amide bonds. The SMILES string of the molecule is COC1=CC(=O)OC(c2ccc(F)cc2)C1. The van der Waals surface area contributed by atoms with Crippen molar-refractivity contribution in [1.29, 1.82) is 0 Å². The number of esters is 1. The first-order chi connectivity index (χ1) is 7.69. The zero-order valence-electron chi connectivity index (χ0n) is 8.77. The van der Waals surface area contributed by atoms with Crippen LogP contribution >= 0.6 is 0 Å². The molecule has 0 saturated carbocycles. The molecule has 1 aliphatic heterocycles. The highest BCUT2D eigenvalue weighted by Crippen LogP contribution is 2.29. The first-order valence-corrected chi connectivity index (χ1v) is 4.89. The molecule has 1 unspecified atom stereocenters. The second-order valence-corrected chi connectivity index (χ2v) is 3.50. The maximum absolute atomic E-state index is 12.7. The van der Waals surface area contributed by atoms with E-state index in [9.17, 15) is 9.18 Å². The second-order valence-electron chi connectivity index (χ2n) is 3.50. The second kappa shape index (κ2) is 4.35. The summed E-state index contributed by atoms with van der Waals surface area (Å²) in [4.78, 5) is 11.2. The fourth-order valence-electron chi connectivity index (χ4n) is 1.59. The first-order valence-electron chi connectivity index (χ1n) is 4.89. The van der Waals surface area contributed by atoms with Gasteiger partial charge >= 0.3 is 5.97 Å². The molecule has 0 radical (unpaired) electrons. The number of ether oxygens (including phenoxy) is 2. The molecule has 1 aliphatic rings. The zero-order valence-corrected chi connectivity index (χ0v) is 8.77. The van der Waals surface area contributed by atoms with Crippen LogP contribution in [0, 0.1) is 5.82 Å². The van der Waals surface area contributed by atoms with E-state index in [4.69, 9.17) is 9.47 Å². The van der Waals surface area contributed by atoms with Gasteiger partial charge in [0.15, 0.2) is 0 Å². The molecule has 0 fully saturated rings. The lowest BCUT2D eigenvalue weighted by Gasteiger charge is -2.22. The van der Waals surface area contributed by atoms with E-state index in [2.05, 4.69) is 0 Å². The van der Waals surface area contributed by atoms with Crippen LogP contribution in [-0.2, 0) is 14.3 Å². The fraction of sp³-hybridized carbons (Fsp3) is 0.250. The molecule has 0 bridgehead atoms. The third kappa shape index (κ3) is 2.21. The van der Waals surface area contributed by atoms with Gasteiger partial charge in [-0.05, 0) is 17.7 Å².